The van der Waals surface area contributed by atoms with Crippen molar-refractivity contribution in [2.75, 3.05) is 0 Å². The van der Waals surface area contributed by atoms with Crippen LogP contribution in [0.1, 0.15) is 17.2 Å². The molecule has 3 aromatic rings. The first-order valence-electron chi connectivity index (χ1n) is 7.02. The normalized spacial score (nSPS) is 10.7. The molecule has 0 amide bonds. The average molecular weight is 328 g/mol. The molecule has 0 fully saturated rings. The molecule has 0 aliphatic carbocycles. The van der Waals surface area contributed by atoms with E-state index < -0.39 is 11.7 Å². The number of aromatic nitrogens is 3. The van der Waals surface area contributed by atoms with E-state index in [9.17, 15) is 4.79 Å². The van der Waals surface area contributed by atoms with Crippen LogP contribution in [0.15, 0.2) is 65.5 Å². The van der Waals surface area contributed by atoms with Gasteiger partial charge in [0.05, 0.1) is 0 Å². The molecule has 23 heavy (non-hydrogen) atoms. The summed E-state index contributed by atoms with van der Waals surface area (Å²) in [6, 6.07) is 19.3. The number of hydrogen-bond donors (Lipinski definition) is 0. The molecule has 0 atom stereocenters. The lowest BCUT2D eigenvalue weighted by Gasteiger charge is -2.19. The van der Waals surface area contributed by atoms with Gasteiger partial charge in [0.2, 0.25) is 5.28 Å². The maximum atomic E-state index is 12.0. The number of hydrogen-bond acceptors (Lipinski definition) is 4. The maximum Gasteiger partial charge on any atom is 0.336 e. The van der Waals surface area contributed by atoms with E-state index in [4.69, 9.17) is 16.3 Å². The summed E-state index contributed by atoms with van der Waals surface area (Å²) in [7, 11) is 1.60. The maximum absolute atomic E-state index is 12.0. The smallest absolute Gasteiger partial charge is 0.336 e. The zero-order chi connectivity index (χ0) is 16.2. The molecule has 0 aliphatic rings. The molecule has 0 bridgehead atoms. The number of rotatable bonds is 4. The minimum atomic E-state index is -0.593. The molecule has 0 aliphatic heterocycles. The Hall–Kier alpha value is -2.66. The van der Waals surface area contributed by atoms with Crippen molar-refractivity contribution in [3.63, 3.8) is 0 Å². The summed E-state index contributed by atoms with van der Waals surface area (Å²) in [5.74, 6) is -0.0883. The predicted molar refractivity (Wildman–Crippen MR) is 87.6 cm³/mol. The number of ether oxygens (including phenoxy) is 1. The lowest BCUT2D eigenvalue weighted by molar-refractivity contribution is 0.226. The zero-order valence-electron chi connectivity index (χ0n) is 12.4. The minimum Gasteiger partial charge on any atom is -0.460 e. The van der Waals surface area contributed by atoms with Crippen molar-refractivity contribution < 1.29 is 4.74 Å². The van der Waals surface area contributed by atoms with Crippen molar-refractivity contribution in [1.29, 1.82) is 0 Å². The summed E-state index contributed by atoms with van der Waals surface area (Å²) >= 11 is 5.79. The Morgan fingerprint density at radius 1 is 1.00 bits per heavy atom. The third kappa shape index (κ3) is 3.40. The van der Waals surface area contributed by atoms with Crippen LogP contribution >= 0.6 is 11.6 Å². The van der Waals surface area contributed by atoms with Gasteiger partial charge in [-0.3, -0.25) is 4.79 Å². The SMILES string of the molecule is Cn1nc(OC(c2ccccc2)c2ccccc2)c(=O)nc1Cl. The van der Waals surface area contributed by atoms with E-state index in [0.717, 1.165) is 11.1 Å². The Balaban J connectivity index is 2.04. The van der Waals surface area contributed by atoms with Gasteiger partial charge in [0.1, 0.15) is 0 Å². The molecular weight excluding hydrogens is 314 g/mol. The van der Waals surface area contributed by atoms with Crippen molar-refractivity contribution in [3.8, 4) is 5.88 Å². The lowest BCUT2D eigenvalue weighted by atomic mass is 10.0. The third-order valence-corrected chi connectivity index (χ3v) is 3.65. The van der Waals surface area contributed by atoms with E-state index in [2.05, 4.69) is 10.1 Å². The second-order valence-electron chi connectivity index (χ2n) is 4.93. The summed E-state index contributed by atoms with van der Waals surface area (Å²) in [6.45, 7) is 0. The molecule has 6 heteroatoms. The Morgan fingerprint density at radius 3 is 2.04 bits per heavy atom. The van der Waals surface area contributed by atoms with Gasteiger partial charge in [0.15, 0.2) is 6.10 Å². The van der Waals surface area contributed by atoms with E-state index in [1.807, 2.05) is 60.7 Å². The van der Waals surface area contributed by atoms with Crippen LogP contribution in [0.3, 0.4) is 0 Å². The summed E-state index contributed by atoms with van der Waals surface area (Å²) in [6.07, 6.45) is -0.458. The van der Waals surface area contributed by atoms with Crippen LogP contribution in [0, 0.1) is 0 Å². The topological polar surface area (TPSA) is 57.0 Å². The highest BCUT2D eigenvalue weighted by atomic mass is 35.5. The predicted octanol–water partition coefficient (Wildman–Crippen LogP) is 3.00. The third-order valence-electron chi connectivity index (χ3n) is 3.32. The van der Waals surface area contributed by atoms with Crippen LogP contribution < -0.4 is 10.3 Å². The molecule has 2 aromatic carbocycles. The second kappa shape index (κ2) is 6.62. The molecule has 3 rings (SSSR count). The Morgan fingerprint density at radius 2 is 1.52 bits per heavy atom. The molecular formula is C17H14ClN3O2. The first-order valence-corrected chi connectivity index (χ1v) is 7.40. The highest BCUT2D eigenvalue weighted by Gasteiger charge is 2.19. The van der Waals surface area contributed by atoms with Crippen LogP contribution in [0.5, 0.6) is 5.88 Å². The fourth-order valence-corrected chi connectivity index (χ4v) is 2.31. The van der Waals surface area contributed by atoms with Gasteiger partial charge in [-0.1, -0.05) is 60.7 Å². The van der Waals surface area contributed by atoms with Crippen molar-refractivity contribution in [3.05, 3.63) is 87.4 Å². The molecule has 0 spiro atoms. The lowest BCUT2D eigenvalue weighted by Crippen LogP contribution is -2.21. The highest BCUT2D eigenvalue weighted by molar-refractivity contribution is 6.28. The number of nitrogens with zero attached hydrogens (tertiary/aromatic N) is 3. The largest absolute Gasteiger partial charge is 0.460 e. The van der Waals surface area contributed by atoms with Crippen LogP contribution in [-0.4, -0.2) is 14.8 Å². The van der Waals surface area contributed by atoms with E-state index in [0.29, 0.717) is 0 Å². The van der Waals surface area contributed by atoms with Gasteiger partial charge in [-0.15, -0.1) is 5.10 Å². The summed E-state index contributed by atoms with van der Waals surface area (Å²) < 4.78 is 7.18. The van der Waals surface area contributed by atoms with Crippen molar-refractivity contribution in [2.45, 2.75) is 6.10 Å². The molecule has 0 radical (unpaired) electrons. The van der Waals surface area contributed by atoms with Crippen LogP contribution in [0.2, 0.25) is 5.28 Å². The van der Waals surface area contributed by atoms with Crippen LogP contribution in [0.25, 0.3) is 0 Å². The number of aryl methyl sites for hydroxylation is 1. The molecule has 116 valence electrons. The summed E-state index contributed by atoms with van der Waals surface area (Å²) in [5, 5.41) is 4.06. The van der Waals surface area contributed by atoms with Crippen molar-refractivity contribution in [1.82, 2.24) is 14.8 Å². The van der Waals surface area contributed by atoms with Gasteiger partial charge in [-0.25, -0.2) is 4.68 Å². The minimum absolute atomic E-state index is 0.0123. The van der Waals surface area contributed by atoms with E-state index in [1.165, 1.54) is 4.68 Å². The second-order valence-corrected chi connectivity index (χ2v) is 5.27. The van der Waals surface area contributed by atoms with E-state index in [-0.39, 0.29) is 11.2 Å². The Kier molecular flexibility index (Phi) is 4.39. The zero-order valence-corrected chi connectivity index (χ0v) is 13.1. The molecule has 0 N–H and O–H groups in total. The first kappa shape index (κ1) is 15.2. The van der Waals surface area contributed by atoms with Gasteiger partial charge in [0, 0.05) is 7.05 Å². The number of halogens is 1. The number of benzene rings is 2. The van der Waals surface area contributed by atoms with Crippen LogP contribution in [-0.2, 0) is 7.05 Å². The molecule has 1 aromatic heterocycles. The van der Waals surface area contributed by atoms with Gasteiger partial charge < -0.3 is 4.74 Å². The molecule has 0 saturated carbocycles. The quantitative estimate of drug-likeness (QED) is 0.739. The van der Waals surface area contributed by atoms with Crippen LogP contribution in [0.4, 0.5) is 0 Å². The van der Waals surface area contributed by atoms with Gasteiger partial charge in [-0.05, 0) is 22.7 Å². The summed E-state index contributed by atoms with van der Waals surface area (Å²) in [5.41, 5.74) is 1.24. The van der Waals surface area contributed by atoms with Crippen molar-refractivity contribution in [2.24, 2.45) is 7.05 Å². The molecule has 1 heterocycles. The standard InChI is InChI=1S/C17H14ClN3O2/c1-21-17(18)19-15(22)16(20-21)23-14(12-8-4-2-5-9-12)13-10-6-3-7-11-13/h2-11,14H,1H3. The summed E-state index contributed by atoms with van der Waals surface area (Å²) in [4.78, 5) is 15.7. The Bertz CT molecular complexity index is 811. The molecule has 0 saturated heterocycles. The Labute approximate surface area is 138 Å². The van der Waals surface area contributed by atoms with E-state index >= 15 is 0 Å². The van der Waals surface area contributed by atoms with Crippen molar-refractivity contribution >= 4 is 11.6 Å². The van der Waals surface area contributed by atoms with Gasteiger partial charge in [0.25, 0.3) is 0 Å². The monoisotopic (exact) mass is 327 g/mol. The molecule has 5 nitrogen and oxygen atoms in total. The fourth-order valence-electron chi connectivity index (χ4n) is 2.19. The van der Waals surface area contributed by atoms with Gasteiger partial charge >= 0.3 is 11.4 Å². The first-order chi connectivity index (χ1) is 11.1. The van der Waals surface area contributed by atoms with E-state index in [1.54, 1.807) is 7.05 Å². The van der Waals surface area contributed by atoms with Gasteiger partial charge in [-0.2, -0.15) is 4.98 Å². The molecule has 0 unspecified atom stereocenters. The highest BCUT2D eigenvalue weighted by Crippen LogP contribution is 2.26. The average Bonchev–Trinajstić information content (AvgIpc) is 2.58. The fraction of sp³-hybridized carbons (Fsp3) is 0.118.